The minimum atomic E-state index is -0.758. The summed E-state index contributed by atoms with van der Waals surface area (Å²) in [5.74, 6) is 0.650. The van der Waals surface area contributed by atoms with Crippen molar-refractivity contribution in [2.24, 2.45) is 0 Å². The normalized spacial score (nSPS) is 12.2. The number of aliphatic hydroxyl groups excluding tert-OH is 1. The number of aryl methyl sites for hydroxylation is 1. The van der Waals surface area contributed by atoms with Crippen molar-refractivity contribution in [3.05, 3.63) is 58.4 Å². The summed E-state index contributed by atoms with van der Waals surface area (Å²) in [6.45, 7) is 4.40. The number of hydrogen-bond donors (Lipinski definition) is 1. The molecule has 0 amide bonds. The van der Waals surface area contributed by atoms with Crippen molar-refractivity contribution >= 4 is 11.6 Å². The van der Waals surface area contributed by atoms with Crippen LogP contribution in [0.3, 0.4) is 0 Å². The molecular formula is C15H16ClNO2. The highest BCUT2D eigenvalue weighted by Crippen LogP contribution is 2.27. The van der Waals surface area contributed by atoms with Gasteiger partial charge < -0.3 is 9.84 Å². The van der Waals surface area contributed by atoms with Gasteiger partial charge in [-0.1, -0.05) is 23.7 Å². The van der Waals surface area contributed by atoms with Gasteiger partial charge in [-0.15, -0.1) is 0 Å². The maximum absolute atomic E-state index is 10.3. The number of aliphatic hydroxyl groups is 1. The smallest absolute Gasteiger partial charge is 0.137 e. The van der Waals surface area contributed by atoms with Gasteiger partial charge in [0.25, 0.3) is 0 Å². The first-order valence-corrected chi connectivity index (χ1v) is 6.51. The zero-order chi connectivity index (χ0) is 13.8. The van der Waals surface area contributed by atoms with Gasteiger partial charge in [-0.3, -0.25) is 4.98 Å². The summed E-state index contributed by atoms with van der Waals surface area (Å²) in [4.78, 5) is 4.07. The first-order valence-electron chi connectivity index (χ1n) is 6.13. The second-order valence-corrected chi connectivity index (χ2v) is 4.71. The van der Waals surface area contributed by atoms with Crippen LogP contribution in [-0.4, -0.2) is 16.7 Å². The van der Waals surface area contributed by atoms with Gasteiger partial charge in [-0.05, 0) is 37.1 Å². The molecule has 19 heavy (non-hydrogen) atoms. The van der Waals surface area contributed by atoms with Crippen LogP contribution in [0.15, 0.2) is 36.7 Å². The average Bonchev–Trinajstić information content (AvgIpc) is 2.42. The largest absolute Gasteiger partial charge is 0.492 e. The lowest BCUT2D eigenvalue weighted by Gasteiger charge is -2.13. The summed E-state index contributed by atoms with van der Waals surface area (Å²) in [7, 11) is 0. The second-order valence-electron chi connectivity index (χ2n) is 4.30. The van der Waals surface area contributed by atoms with Crippen molar-refractivity contribution in [3.8, 4) is 5.75 Å². The Morgan fingerprint density at radius 2 is 2.05 bits per heavy atom. The third kappa shape index (κ3) is 3.25. The van der Waals surface area contributed by atoms with E-state index >= 15 is 0 Å². The zero-order valence-corrected chi connectivity index (χ0v) is 11.7. The van der Waals surface area contributed by atoms with Gasteiger partial charge in [-0.2, -0.15) is 0 Å². The minimum absolute atomic E-state index is 0.567. The highest BCUT2D eigenvalue weighted by molar-refractivity contribution is 6.31. The van der Waals surface area contributed by atoms with E-state index in [0.29, 0.717) is 22.9 Å². The Balaban J connectivity index is 2.29. The summed E-state index contributed by atoms with van der Waals surface area (Å²) in [6, 6.07) is 7.31. The van der Waals surface area contributed by atoms with E-state index < -0.39 is 6.10 Å². The lowest BCUT2D eigenvalue weighted by atomic mass is 10.0. The Hall–Kier alpha value is -1.58. The average molecular weight is 278 g/mol. The lowest BCUT2D eigenvalue weighted by molar-refractivity contribution is 0.219. The fourth-order valence-corrected chi connectivity index (χ4v) is 1.99. The van der Waals surface area contributed by atoms with Crippen LogP contribution in [0, 0.1) is 6.92 Å². The number of hydrogen-bond acceptors (Lipinski definition) is 3. The summed E-state index contributed by atoms with van der Waals surface area (Å²) < 4.78 is 5.38. The Labute approximate surface area is 117 Å². The van der Waals surface area contributed by atoms with Gasteiger partial charge in [-0.25, -0.2) is 0 Å². The number of rotatable bonds is 4. The van der Waals surface area contributed by atoms with E-state index in [1.54, 1.807) is 24.5 Å². The molecule has 0 aliphatic carbocycles. The third-order valence-electron chi connectivity index (χ3n) is 2.87. The molecule has 0 fully saturated rings. The molecule has 1 aromatic heterocycles. The Morgan fingerprint density at radius 3 is 2.74 bits per heavy atom. The van der Waals surface area contributed by atoms with Crippen LogP contribution >= 0.6 is 11.6 Å². The minimum Gasteiger partial charge on any atom is -0.492 e. The van der Waals surface area contributed by atoms with Gasteiger partial charge in [0.05, 0.1) is 12.8 Å². The van der Waals surface area contributed by atoms with Crippen LogP contribution in [0.2, 0.25) is 5.02 Å². The Morgan fingerprint density at radius 1 is 1.26 bits per heavy atom. The number of benzene rings is 1. The fraction of sp³-hybridized carbons (Fsp3) is 0.267. The predicted octanol–water partition coefficient (Wildman–Crippen LogP) is 3.52. The second kappa shape index (κ2) is 6.04. The van der Waals surface area contributed by atoms with Crippen LogP contribution in [0.25, 0.3) is 0 Å². The molecule has 1 N–H and O–H groups in total. The molecule has 100 valence electrons. The monoisotopic (exact) mass is 277 g/mol. The molecule has 1 aromatic carbocycles. The van der Waals surface area contributed by atoms with Gasteiger partial charge >= 0.3 is 0 Å². The Kier molecular flexibility index (Phi) is 4.40. The highest BCUT2D eigenvalue weighted by atomic mass is 35.5. The number of ether oxygens (including phenoxy) is 1. The fourth-order valence-electron chi connectivity index (χ4n) is 1.80. The van der Waals surface area contributed by atoms with Crippen LogP contribution < -0.4 is 4.74 Å². The van der Waals surface area contributed by atoms with Gasteiger partial charge in [0, 0.05) is 16.8 Å². The van der Waals surface area contributed by atoms with Gasteiger partial charge in [0.1, 0.15) is 11.9 Å². The summed E-state index contributed by atoms with van der Waals surface area (Å²) in [5.41, 5.74) is 2.41. The van der Waals surface area contributed by atoms with Crippen LogP contribution in [0.4, 0.5) is 0 Å². The van der Waals surface area contributed by atoms with E-state index in [2.05, 4.69) is 4.98 Å². The summed E-state index contributed by atoms with van der Waals surface area (Å²) >= 11 is 6.07. The SMILES string of the molecule is CCOc1cncc(C(O)c2ccc(C)c(Cl)c2)c1. The van der Waals surface area contributed by atoms with Crippen molar-refractivity contribution in [1.82, 2.24) is 4.98 Å². The zero-order valence-electron chi connectivity index (χ0n) is 10.9. The highest BCUT2D eigenvalue weighted by Gasteiger charge is 2.13. The van der Waals surface area contributed by atoms with Crippen molar-refractivity contribution in [3.63, 3.8) is 0 Å². The topological polar surface area (TPSA) is 42.4 Å². The van der Waals surface area contributed by atoms with Crippen LogP contribution in [0.5, 0.6) is 5.75 Å². The van der Waals surface area contributed by atoms with Crippen molar-refractivity contribution in [2.45, 2.75) is 20.0 Å². The number of pyridine rings is 1. The molecular weight excluding hydrogens is 262 g/mol. The van der Waals surface area contributed by atoms with E-state index in [4.69, 9.17) is 16.3 Å². The first kappa shape index (κ1) is 13.8. The molecule has 0 radical (unpaired) electrons. The van der Waals surface area contributed by atoms with Crippen LogP contribution in [-0.2, 0) is 0 Å². The summed E-state index contributed by atoms with van der Waals surface area (Å²) in [5, 5.41) is 11.0. The Bertz CT molecular complexity index is 572. The molecule has 3 nitrogen and oxygen atoms in total. The van der Waals surface area contributed by atoms with Gasteiger partial charge in [0.15, 0.2) is 0 Å². The van der Waals surface area contributed by atoms with E-state index in [9.17, 15) is 5.11 Å². The quantitative estimate of drug-likeness (QED) is 0.930. The molecule has 0 saturated heterocycles. The maximum Gasteiger partial charge on any atom is 0.137 e. The van der Waals surface area contributed by atoms with E-state index in [0.717, 1.165) is 11.1 Å². The molecule has 0 spiro atoms. The number of halogens is 1. The standard InChI is InChI=1S/C15H16ClNO2/c1-3-19-13-6-12(8-17-9-13)15(18)11-5-4-10(2)14(16)7-11/h4-9,15,18H,3H2,1-2H3. The predicted molar refractivity (Wildman–Crippen MR) is 75.7 cm³/mol. The molecule has 2 aromatic rings. The molecule has 2 rings (SSSR count). The first-order chi connectivity index (χ1) is 9.11. The van der Waals surface area contributed by atoms with E-state index in [1.807, 2.05) is 26.0 Å². The maximum atomic E-state index is 10.3. The molecule has 1 unspecified atom stereocenters. The van der Waals surface area contributed by atoms with Crippen molar-refractivity contribution in [2.75, 3.05) is 6.61 Å². The molecule has 4 heteroatoms. The van der Waals surface area contributed by atoms with E-state index in [-0.39, 0.29) is 0 Å². The molecule has 0 bridgehead atoms. The number of aromatic nitrogens is 1. The molecule has 0 aliphatic rings. The van der Waals surface area contributed by atoms with Crippen molar-refractivity contribution < 1.29 is 9.84 Å². The molecule has 1 atom stereocenters. The van der Waals surface area contributed by atoms with Gasteiger partial charge in [0.2, 0.25) is 0 Å². The molecule has 1 heterocycles. The summed E-state index contributed by atoms with van der Waals surface area (Å²) in [6.07, 6.45) is 2.49. The molecule has 0 aliphatic heterocycles. The van der Waals surface area contributed by atoms with E-state index in [1.165, 1.54) is 0 Å². The third-order valence-corrected chi connectivity index (χ3v) is 3.28. The number of nitrogens with zero attached hydrogens (tertiary/aromatic N) is 1. The van der Waals surface area contributed by atoms with Crippen molar-refractivity contribution in [1.29, 1.82) is 0 Å². The lowest BCUT2D eigenvalue weighted by Crippen LogP contribution is -2.02. The molecule has 0 saturated carbocycles. The van der Waals surface area contributed by atoms with Crippen LogP contribution in [0.1, 0.15) is 29.7 Å².